The second-order valence-electron chi connectivity index (χ2n) is 12.0. The minimum atomic E-state index is -0.682. The van der Waals surface area contributed by atoms with Gasteiger partial charge in [0.05, 0.1) is 18.9 Å². The number of aliphatic hydroxyl groups excluding tert-OH is 1. The number of oxazole rings is 1. The number of aryl methyl sites for hydroxylation is 1. The second-order valence-corrected chi connectivity index (χ2v) is 12.0. The van der Waals surface area contributed by atoms with Crippen molar-refractivity contribution < 1.29 is 33.0 Å². The number of ether oxygens (including phenoxy) is 2. The van der Waals surface area contributed by atoms with E-state index in [-0.39, 0.29) is 30.5 Å². The second kappa shape index (κ2) is 13.8. The summed E-state index contributed by atoms with van der Waals surface area (Å²) in [5.74, 6) is 0.965. The van der Waals surface area contributed by atoms with Gasteiger partial charge in [0.1, 0.15) is 12.4 Å². The molecule has 1 amide bonds. The first kappa shape index (κ1) is 31.4. The highest BCUT2D eigenvalue weighted by Crippen LogP contribution is 2.29. The van der Waals surface area contributed by atoms with Crippen molar-refractivity contribution in [1.29, 1.82) is 0 Å². The van der Waals surface area contributed by atoms with Gasteiger partial charge in [0, 0.05) is 50.3 Å². The van der Waals surface area contributed by atoms with Crippen LogP contribution in [0.1, 0.15) is 67.3 Å². The fourth-order valence-corrected chi connectivity index (χ4v) is 6.14. The minimum absolute atomic E-state index is 0.0160. The van der Waals surface area contributed by atoms with Crippen LogP contribution in [0, 0.1) is 12.7 Å². The van der Waals surface area contributed by atoms with E-state index < -0.39 is 11.9 Å². The number of amides is 1. The number of halogens is 1. The van der Waals surface area contributed by atoms with Crippen LogP contribution in [0.15, 0.2) is 65.4 Å². The SMILES string of the molecule is COc1ccc(C(=O)N2CCc3cc(C(=O)CC[C@H](O)CN4CCc5cc(OCc6ocnc6C)c(F)cc5C4)ccc3C2)cc1. The summed E-state index contributed by atoms with van der Waals surface area (Å²) in [5.41, 5.74) is 5.95. The number of carbonyl (C=O) groups is 2. The number of aliphatic hydroxyl groups is 1. The highest BCUT2D eigenvalue weighted by atomic mass is 19.1. The van der Waals surface area contributed by atoms with Gasteiger partial charge in [0.2, 0.25) is 0 Å². The number of carbonyl (C=O) groups excluding carboxylic acids is 2. The van der Waals surface area contributed by atoms with Crippen LogP contribution in [-0.2, 0) is 32.5 Å². The van der Waals surface area contributed by atoms with Crippen LogP contribution in [0.25, 0.3) is 0 Å². The highest BCUT2D eigenvalue weighted by Gasteiger charge is 2.24. The molecule has 1 atom stereocenters. The van der Waals surface area contributed by atoms with Crippen LogP contribution in [0.3, 0.4) is 0 Å². The van der Waals surface area contributed by atoms with Crippen LogP contribution < -0.4 is 9.47 Å². The number of hydrogen-bond acceptors (Lipinski definition) is 8. The maximum Gasteiger partial charge on any atom is 0.254 e. The Labute approximate surface area is 267 Å². The zero-order valence-electron chi connectivity index (χ0n) is 26.1. The number of aromatic nitrogens is 1. The Balaban J connectivity index is 0.978. The first-order valence-electron chi connectivity index (χ1n) is 15.6. The van der Waals surface area contributed by atoms with Gasteiger partial charge in [-0.3, -0.25) is 14.5 Å². The molecule has 0 unspecified atom stereocenters. The lowest BCUT2D eigenvalue weighted by atomic mass is 9.94. The molecule has 4 aromatic rings. The average Bonchev–Trinajstić information content (AvgIpc) is 3.49. The maximum absolute atomic E-state index is 14.8. The van der Waals surface area contributed by atoms with Crippen molar-refractivity contribution in [2.24, 2.45) is 0 Å². The van der Waals surface area contributed by atoms with Gasteiger partial charge >= 0.3 is 0 Å². The van der Waals surface area contributed by atoms with Crippen molar-refractivity contribution in [3.05, 3.63) is 112 Å². The number of rotatable bonds is 11. The van der Waals surface area contributed by atoms with Gasteiger partial charge in [-0.25, -0.2) is 9.37 Å². The summed E-state index contributed by atoms with van der Waals surface area (Å²) in [6.45, 7) is 4.62. The van der Waals surface area contributed by atoms with Crippen molar-refractivity contribution in [2.45, 2.75) is 58.4 Å². The van der Waals surface area contributed by atoms with Gasteiger partial charge in [-0.1, -0.05) is 12.1 Å². The molecule has 0 saturated carbocycles. The van der Waals surface area contributed by atoms with Gasteiger partial charge < -0.3 is 23.9 Å². The van der Waals surface area contributed by atoms with Crippen LogP contribution in [0.2, 0.25) is 0 Å². The van der Waals surface area contributed by atoms with E-state index in [1.54, 1.807) is 37.4 Å². The molecule has 2 aliphatic rings. The van der Waals surface area contributed by atoms with Crippen molar-refractivity contribution >= 4 is 11.7 Å². The molecule has 6 rings (SSSR count). The number of Topliss-reactive ketones (excluding diaryl/α,β-unsaturated/α-hetero) is 1. The largest absolute Gasteiger partial charge is 0.497 e. The summed E-state index contributed by atoms with van der Waals surface area (Å²) in [4.78, 5) is 34.0. The molecule has 3 aromatic carbocycles. The van der Waals surface area contributed by atoms with Crippen molar-refractivity contribution in [3.63, 3.8) is 0 Å². The van der Waals surface area contributed by atoms with E-state index in [0.717, 1.165) is 22.3 Å². The highest BCUT2D eigenvalue weighted by molar-refractivity contribution is 5.96. The zero-order valence-corrected chi connectivity index (χ0v) is 26.1. The molecule has 240 valence electrons. The molecular weight excluding hydrogens is 589 g/mol. The third kappa shape index (κ3) is 7.13. The summed E-state index contributed by atoms with van der Waals surface area (Å²) in [6.07, 6.45) is 2.61. The Kier molecular flexibility index (Phi) is 9.46. The number of hydrogen-bond donors (Lipinski definition) is 1. The number of methoxy groups -OCH3 is 1. The summed E-state index contributed by atoms with van der Waals surface area (Å²) in [5, 5.41) is 10.8. The predicted molar refractivity (Wildman–Crippen MR) is 168 cm³/mol. The predicted octanol–water partition coefficient (Wildman–Crippen LogP) is 5.29. The number of β-amino-alcohol motifs (C(OH)–C–C–N with tert-alkyl or cyclic N) is 1. The van der Waals surface area contributed by atoms with E-state index in [2.05, 4.69) is 9.88 Å². The lowest BCUT2D eigenvalue weighted by molar-refractivity contribution is 0.0734. The van der Waals surface area contributed by atoms with E-state index in [0.29, 0.717) is 80.3 Å². The van der Waals surface area contributed by atoms with Gasteiger partial charge in [-0.15, -0.1) is 0 Å². The smallest absolute Gasteiger partial charge is 0.254 e. The molecule has 0 aliphatic carbocycles. The Morgan fingerprint density at radius 2 is 1.74 bits per heavy atom. The normalized spacial score (nSPS) is 15.2. The molecule has 0 radical (unpaired) electrons. The lowest BCUT2D eigenvalue weighted by Crippen LogP contribution is -2.37. The summed E-state index contributed by atoms with van der Waals surface area (Å²) in [7, 11) is 1.59. The number of ketones is 1. The molecule has 3 heterocycles. The zero-order chi connectivity index (χ0) is 32.2. The van der Waals surface area contributed by atoms with Crippen LogP contribution in [-0.4, -0.2) is 64.4 Å². The molecule has 10 heteroatoms. The molecule has 9 nitrogen and oxygen atoms in total. The molecule has 1 N–H and O–H groups in total. The van der Waals surface area contributed by atoms with Crippen molar-refractivity contribution in [1.82, 2.24) is 14.8 Å². The summed E-state index contributed by atoms with van der Waals surface area (Å²) >= 11 is 0. The van der Waals surface area contributed by atoms with E-state index in [9.17, 15) is 19.1 Å². The first-order valence-corrected chi connectivity index (χ1v) is 15.6. The Bertz CT molecular complexity index is 1720. The van der Waals surface area contributed by atoms with Crippen molar-refractivity contribution in [3.8, 4) is 11.5 Å². The van der Waals surface area contributed by atoms with E-state index in [1.165, 1.54) is 12.5 Å². The molecule has 1 aromatic heterocycles. The molecule has 46 heavy (non-hydrogen) atoms. The molecule has 0 bridgehead atoms. The Morgan fingerprint density at radius 3 is 2.50 bits per heavy atom. The lowest BCUT2D eigenvalue weighted by Gasteiger charge is -2.30. The summed E-state index contributed by atoms with van der Waals surface area (Å²) < 4.78 is 30.9. The quantitative estimate of drug-likeness (QED) is 0.224. The third-order valence-corrected chi connectivity index (χ3v) is 8.89. The molecule has 0 saturated heterocycles. The third-order valence-electron chi connectivity index (χ3n) is 8.89. The van der Waals surface area contributed by atoms with Crippen molar-refractivity contribution in [2.75, 3.05) is 26.7 Å². The average molecular weight is 628 g/mol. The minimum Gasteiger partial charge on any atom is -0.497 e. The molecular formula is C36H38FN3O6. The van der Waals surface area contributed by atoms with E-state index >= 15 is 0 Å². The van der Waals surface area contributed by atoms with E-state index in [1.807, 2.05) is 30.0 Å². The standard InChI is InChI=1S/C36H38FN3O6/c1-23-35(46-22-38-23)21-45-34-17-26-11-13-39(18-29(26)16-32(34)37)20-30(41)7-10-33(42)27-3-4-28-19-40(14-12-25(28)15-27)36(43)24-5-8-31(44-2)9-6-24/h3-6,8-9,15-17,22,30,41H,7,10-14,18-21H2,1-2H3/t30-/m0/s1. The van der Waals surface area contributed by atoms with Crippen LogP contribution in [0.4, 0.5) is 4.39 Å². The first-order chi connectivity index (χ1) is 22.3. The molecule has 0 spiro atoms. The number of nitrogens with zero attached hydrogens (tertiary/aromatic N) is 3. The van der Waals surface area contributed by atoms with Gasteiger partial charge in [0.25, 0.3) is 5.91 Å². The molecule has 2 aliphatic heterocycles. The Hall–Kier alpha value is -4.54. The molecule has 0 fully saturated rings. The fraction of sp³-hybridized carbons (Fsp3) is 0.361. The maximum atomic E-state index is 14.8. The topological polar surface area (TPSA) is 105 Å². The Morgan fingerprint density at radius 1 is 0.978 bits per heavy atom. The monoisotopic (exact) mass is 627 g/mol. The summed E-state index contributed by atoms with van der Waals surface area (Å²) in [6, 6.07) is 16.0. The number of fused-ring (bicyclic) bond motifs is 2. The van der Waals surface area contributed by atoms with E-state index in [4.69, 9.17) is 13.9 Å². The number of benzene rings is 3. The fourth-order valence-electron chi connectivity index (χ4n) is 6.14. The van der Waals surface area contributed by atoms with Gasteiger partial charge in [0.15, 0.2) is 29.5 Å². The van der Waals surface area contributed by atoms with Crippen LogP contribution in [0.5, 0.6) is 11.5 Å². The van der Waals surface area contributed by atoms with Gasteiger partial charge in [-0.2, -0.15) is 0 Å². The van der Waals surface area contributed by atoms with Crippen LogP contribution >= 0.6 is 0 Å². The van der Waals surface area contributed by atoms with Gasteiger partial charge in [-0.05, 0) is 90.9 Å².